The van der Waals surface area contributed by atoms with E-state index in [4.69, 9.17) is 15.2 Å². The van der Waals surface area contributed by atoms with E-state index < -0.39 is 0 Å². The molecule has 19 heavy (non-hydrogen) atoms. The van der Waals surface area contributed by atoms with Crippen LogP contribution in [0.3, 0.4) is 0 Å². The highest BCUT2D eigenvalue weighted by Gasteiger charge is 2.30. The molecule has 1 fully saturated rings. The molecular formula is C15H32N2O2. The van der Waals surface area contributed by atoms with E-state index in [1.165, 1.54) is 25.7 Å². The smallest absolute Gasteiger partial charge is 0.158 e. The Balaban J connectivity index is 2.67. The lowest BCUT2D eigenvalue weighted by Gasteiger charge is -2.38. The second-order valence-electron chi connectivity index (χ2n) is 6.06. The van der Waals surface area contributed by atoms with Crippen molar-refractivity contribution in [2.24, 2.45) is 11.7 Å². The molecule has 0 bridgehead atoms. The van der Waals surface area contributed by atoms with Crippen LogP contribution in [0.1, 0.15) is 46.0 Å². The Morgan fingerprint density at radius 3 is 2.16 bits per heavy atom. The lowest BCUT2D eigenvalue weighted by Crippen LogP contribution is -2.49. The van der Waals surface area contributed by atoms with Gasteiger partial charge in [0, 0.05) is 45.8 Å². The second-order valence-corrected chi connectivity index (χ2v) is 6.06. The van der Waals surface area contributed by atoms with Crippen LogP contribution in [0.15, 0.2) is 0 Å². The lowest BCUT2D eigenvalue weighted by atomic mass is 10.0. The molecule has 1 aliphatic rings. The van der Waals surface area contributed by atoms with Gasteiger partial charge >= 0.3 is 0 Å². The number of hydrogen-bond acceptors (Lipinski definition) is 4. The monoisotopic (exact) mass is 272 g/mol. The van der Waals surface area contributed by atoms with E-state index in [0.29, 0.717) is 24.5 Å². The molecule has 2 N–H and O–H groups in total. The van der Waals surface area contributed by atoms with E-state index in [1.807, 2.05) is 0 Å². The first-order valence-electron chi connectivity index (χ1n) is 7.63. The molecule has 1 unspecified atom stereocenters. The Labute approximate surface area is 118 Å². The van der Waals surface area contributed by atoms with Crippen LogP contribution in [0.25, 0.3) is 0 Å². The van der Waals surface area contributed by atoms with Crippen molar-refractivity contribution in [2.45, 2.75) is 64.3 Å². The summed E-state index contributed by atoms with van der Waals surface area (Å²) in [5, 5.41) is 0. The standard InChI is InChI=1S/C15H32N2O2/c1-12(2)11-17(13-7-5-6-8-13)14(10-16)9-15(18-3)19-4/h12-15H,5-11,16H2,1-4H3. The highest BCUT2D eigenvalue weighted by molar-refractivity contribution is 4.84. The van der Waals surface area contributed by atoms with Gasteiger partial charge in [0.1, 0.15) is 0 Å². The molecule has 0 amide bonds. The van der Waals surface area contributed by atoms with Gasteiger partial charge in [0.25, 0.3) is 0 Å². The van der Waals surface area contributed by atoms with Gasteiger partial charge in [0.2, 0.25) is 0 Å². The van der Waals surface area contributed by atoms with Crippen LogP contribution in [-0.4, -0.2) is 50.6 Å². The van der Waals surface area contributed by atoms with Gasteiger partial charge in [0.05, 0.1) is 0 Å². The van der Waals surface area contributed by atoms with Crippen LogP contribution in [-0.2, 0) is 9.47 Å². The van der Waals surface area contributed by atoms with Gasteiger partial charge in [0.15, 0.2) is 6.29 Å². The van der Waals surface area contributed by atoms with Gasteiger partial charge in [-0.1, -0.05) is 26.7 Å². The van der Waals surface area contributed by atoms with Crippen molar-refractivity contribution in [2.75, 3.05) is 27.3 Å². The topological polar surface area (TPSA) is 47.7 Å². The van der Waals surface area contributed by atoms with Crippen LogP contribution >= 0.6 is 0 Å². The molecule has 0 aromatic heterocycles. The zero-order chi connectivity index (χ0) is 14.3. The second kappa shape index (κ2) is 8.90. The van der Waals surface area contributed by atoms with Crippen LogP contribution < -0.4 is 5.73 Å². The number of methoxy groups -OCH3 is 2. The minimum Gasteiger partial charge on any atom is -0.356 e. The molecule has 4 nitrogen and oxygen atoms in total. The Morgan fingerprint density at radius 1 is 1.16 bits per heavy atom. The molecule has 0 aromatic carbocycles. The molecule has 4 heteroatoms. The number of hydrogen-bond donors (Lipinski definition) is 1. The quantitative estimate of drug-likeness (QED) is 0.654. The zero-order valence-electron chi connectivity index (χ0n) is 13.1. The molecule has 0 aliphatic heterocycles. The molecule has 1 rings (SSSR count). The molecule has 1 aliphatic carbocycles. The maximum atomic E-state index is 6.02. The molecular weight excluding hydrogens is 240 g/mol. The summed E-state index contributed by atoms with van der Waals surface area (Å²) in [4.78, 5) is 2.61. The number of nitrogens with zero attached hydrogens (tertiary/aromatic N) is 1. The predicted molar refractivity (Wildman–Crippen MR) is 79.1 cm³/mol. The van der Waals surface area contributed by atoms with Crippen molar-refractivity contribution >= 4 is 0 Å². The Morgan fingerprint density at radius 2 is 1.74 bits per heavy atom. The van der Waals surface area contributed by atoms with Gasteiger partial charge in [-0.3, -0.25) is 4.90 Å². The third-order valence-corrected chi connectivity index (χ3v) is 4.10. The molecule has 0 radical (unpaired) electrons. The maximum Gasteiger partial charge on any atom is 0.158 e. The highest BCUT2D eigenvalue weighted by Crippen LogP contribution is 2.27. The highest BCUT2D eigenvalue weighted by atomic mass is 16.7. The molecule has 1 atom stereocenters. The average Bonchev–Trinajstić information content (AvgIpc) is 2.91. The summed E-state index contributed by atoms with van der Waals surface area (Å²) in [5.41, 5.74) is 6.02. The van der Waals surface area contributed by atoms with Crippen molar-refractivity contribution in [1.29, 1.82) is 0 Å². The van der Waals surface area contributed by atoms with Crippen molar-refractivity contribution in [3.63, 3.8) is 0 Å². The first-order chi connectivity index (χ1) is 9.12. The predicted octanol–water partition coefficient (Wildman–Crippen LogP) is 2.22. The lowest BCUT2D eigenvalue weighted by molar-refractivity contribution is -0.118. The normalized spacial score (nSPS) is 18.9. The SMILES string of the molecule is COC(CC(CN)N(CC(C)C)C1CCCC1)OC. The Bertz CT molecular complexity index is 226. The largest absolute Gasteiger partial charge is 0.356 e. The van der Waals surface area contributed by atoms with E-state index in [0.717, 1.165) is 13.0 Å². The molecule has 0 saturated heterocycles. The fourth-order valence-electron chi connectivity index (χ4n) is 3.13. The fraction of sp³-hybridized carbons (Fsp3) is 1.00. The van der Waals surface area contributed by atoms with E-state index in [2.05, 4.69) is 18.7 Å². The summed E-state index contributed by atoms with van der Waals surface area (Å²) in [7, 11) is 3.40. The minimum absolute atomic E-state index is 0.149. The van der Waals surface area contributed by atoms with Crippen molar-refractivity contribution in [1.82, 2.24) is 4.90 Å². The van der Waals surface area contributed by atoms with Crippen LogP contribution in [0.2, 0.25) is 0 Å². The van der Waals surface area contributed by atoms with Gasteiger partial charge in [-0.05, 0) is 18.8 Å². The zero-order valence-corrected chi connectivity index (χ0v) is 13.1. The van der Waals surface area contributed by atoms with Crippen LogP contribution in [0.4, 0.5) is 0 Å². The van der Waals surface area contributed by atoms with Crippen molar-refractivity contribution < 1.29 is 9.47 Å². The van der Waals surface area contributed by atoms with E-state index in [1.54, 1.807) is 14.2 Å². The van der Waals surface area contributed by atoms with Gasteiger partial charge in [-0.15, -0.1) is 0 Å². The molecule has 1 saturated carbocycles. The maximum absolute atomic E-state index is 6.02. The first kappa shape index (κ1) is 16.9. The summed E-state index contributed by atoms with van der Waals surface area (Å²) >= 11 is 0. The van der Waals surface area contributed by atoms with E-state index in [9.17, 15) is 0 Å². The summed E-state index contributed by atoms with van der Waals surface area (Å²) in [6.45, 7) is 6.35. The molecule has 0 aromatic rings. The number of nitrogens with two attached hydrogens (primary N) is 1. The summed E-state index contributed by atoms with van der Waals surface area (Å²) in [6.07, 6.45) is 6.04. The van der Waals surface area contributed by atoms with E-state index in [-0.39, 0.29) is 6.29 Å². The van der Waals surface area contributed by atoms with Crippen molar-refractivity contribution in [3.05, 3.63) is 0 Å². The Kier molecular flexibility index (Phi) is 7.91. The fourth-order valence-corrected chi connectivity index (χ4v) is 3.13. The number of rotatable bonds is 9. The van der Waals surface area contributed by atoms with Crippen LogP contribution in [0.5, 0.6) is 0 Å². The first-order valence-corrected chi connectivity index (χ1v) is 7.63. The Hall–Kier alpha value is -0.160. The summed E-state index contributed by atoms with van der Waals surface area (Å²) in [5.74, 6) is 0.665. The molecule has 114 valence electrons. The van der Waals surface area contributed by atoms with Gasteiger partial charge < -0.3 is 15.2 Å². The van der Waals surface area contributed by atoms with Gasteiger partial charge in [-0.2, -0.15) is 0 Å². The molecule has 0 spiro atoms. The third kappa shape index (κ3) is 5.38. The summed E-state index contributed by atoms with van der Waals surface area (Å²) < 4.78 is 10.7. The summed E-state index contributed by atoms with van der Waals surface area (Å²) in [6, 6.07) is 1.06. The minimum atomic E-state index is -0.149. The average molecular weight is 272 g/mol. The van der Waals surface area contributed by atoms with Crippen molar-refractivity contribution in [3.8, 4) is 0 Å². The number of ether oxygens (including phenoxy) is 2. The van der Waals surface area contributed by atoms with Crippen LogP contribution in [0, 0.1) is 5.92 Å². The van der Waals surface area contributed by atoms with E-state index >= 15 is 0 Å². The van der Waals surface area contributed by atoms with Gasteiger partial charge in [-0.25, -0.2) is 0 Å². The molecule has 0 heterocycles. The third-order valence-electron chi connectivity index (χ3n) is 4.10.